The summed E-state index contributed by atoms with van der Waals surface area (Å²) in [6.07, 6.45) is 1.00. The molecule has 4 N–H and O–H groups in total. The van der Waals surface area contributed by atoms with Gasteiger partial charge in [-0.3, -0.25) is 14.3 Å². The third kappa shape index (κ3) is 7.11. The van der Waals surface area contributed by atoms with Gasteiger partial charge in [-0.2, -0.15) is 0 Å². The van der Waals surface area contributed by atoms with Gasteiger partial charge in [-0.15, -0.1) is 0 Å². The number of amides is 2. The zero-order chi connectivity index (χ0) is 17.5. The predicted octanol–water partition coefficient (Wildman–Crippen LogP) is 0.356. The molecule has 0 saturated heterocycles. The molecule has 23 heavy (non-hydrogen) atoms. The number of sulfonamides is 1. The molecule has 0 aliphatic heterocycles. The maximum atomic E-state index is 12.3. The van der Waals surface area contributed by atoms with Crippen LogP contribution in [0.3, 0.4) is 0 Å². The van der Waals surface area contributed by atoms with E-state index in [2.05, 4.69) is 20.7 Å². The maximum Gasteiger partial charge on any atom is 0.253 e. The van der Waals surface area contributed by atoms with Gasteiger partial charge in [-0.25, -0.2) is 8.42 Å². The third-order valence-electron chi connectivity index (χ3n) is 2.72. The molecule has 1 rings (SSSR count). The maximum absolute atomic E-state index is 12.3. The molecule has 128 valence electrons. The Hall–Kier alpha value is -2.13. The second kappa shape index (κ2) is 8.49. The van der Waals surface area contributed by atoms with Crippen molar-refractivity contribution in [3.63, 3.8) is 0 Å². The number of benzene rings is 1. The van der Waals surface area contributed by atoms with Crippen molar-refractivity contribution in [1.29, 1.82) is 0 Å². The fourth-order valence-corrected chi connectivity index (χ4v) is 2.42. The number of nitrogens with one attached hydrogen (secondary N) is 4. The van der Waals surface area contributed by atoms with Crippen LogP contribution in [0.2, 0.25) is 0 Å². The first kappa shape index (κ1) is 18.9. The molecule has 0 saturated carbocycles. The highest BCUT2D eigenvalue weighted by Crippen LogP contribution is 2.21. The smallest absolute Gasteiger partial charge is 0.253 e. The molecule has 0 aliphatic rings. The molecule has 1 aromatic carbocycles. The van der Waals surface area contributed by atoms with E-state index < -0.39 is 15.9 Å². The van der Waals surface area contributed by atoms with Gasteiger partial charge in [0.1, 0.15) is 0 Å². The first-order valence-electron chi connectivity index (χ1n) is 7.11. The Kier molecular flexibility index (Phi) is 6.98. The monoisotopic (exact) mass is 342 g/mol. The van der Waals surface area contributed by atoms with E-state index in [9.17, 15) is 18.0 Å². The Morgan fingerprint density at radius 3 is 2.43 bits per heavy atom. The molecule has 0 atom stereocenters. The van der Waals surface area contributed by atoms with E-state index in [1.165, 1.54) is 25.1 Å². The van der Waals surface area contributed by atoms with Gasteiger partial charge in [0.15, 0.2) is 0 Å². The van der Waals surface area contributed by atoms with Crippen molar-refractivity contribution in [2.75, 3.05) is 35.9 Å². The molecular weight excluding hydrogens is 320 g/mol. The molecule has 9 heteroatoms. The summed E-state index contributed by atoms with van der Waals surface area (Å²) in [4.78, 5) is 23.4. The van der Waals surface area contributed by atoms with Crippen molar-refractivity contribution in [2.24, 2.45) is 0 Å². The summed E-state index contributed by atoms with van der Waals surface area (Å²) in [6, 6.07) is 4.38. The Balaban J connectivity index is 3.01. The highest BCUT2D eigenvalue weighted by atomic mass is 32.2. The molecule has 2 amide bonds. The number of anilines is 2. The average molecular weight is 342 g/mol. The summed E-state index contributed by atoms with van der Waals surface area (Å²) >= 11 is 0. The first-order chi connectivity index (χ1) is 10.7. The summed E-state index contributed by atoms with van der Waals surface area (Å²) in [5, 5.41) is 8.31. The highest BCUT2D eigenvalue weighted by molar-refractivity contribution is 7.92. The van der Waals surface area contributed by atoms with Crippen molar-refractivity contribution in [1.82, 2.24) is 10.6 Å². The zero-order valence-electron chi connectivity index (χ0n) is 13.4. The second-order valence-electron chi connectivity index (χ2n) is 4.93. The van der Waals surface area contributed by atoms with Crippen LogP contribution in [-0.2, 0) is 14.8 Å². The Morgan fingerprint density at radius 1 is 1.17 bits per heavy atom. The molecule has 0 fully saturated rings. The Morgan fingerprint density at radius 2 is 1.87 bits per heavy atom. The topological polar surface area (TPSA) is 116 Å². The molecular formula is C14H22N4O4S. The average Bonchev–Trinajstić information content (AvgIpc) is 2.43. The van der Waals surface area contributed by atoms with Crippen LogP contribution < -0.4 is 20.7 Å². The highest BCUT2D eigenvalue weighted by Gasteiger charge is 2.15. The number of likely N-dealkylation sites (N-methyl/N-ethyl adjacent to an activating group) is 1. The second-order valence-corrected chi connectivity index (χ2v) is 6.67. The number of rotatable bonds is 8. The lowest BCUT2D eigenvalue weighted by Gasteiger charge is -2.13. The quantitative estimate of drug-likeness (QED) is 0.509. The fourth-order valence-electron chi connectivity index (χ4n) is 1.84. The van der Waals surface area contributed by atoms with Gasteiger partial charge in [0, 0.05) is 25.7 Å². The van der Waals surface area contributed by atoms with E-state index in [0.717, 1.165) is 12.8 Å². The first-order valence-corrected chi connectivity index (χ1v) is 9.00. The van der Waals surface area contributed by atoms with Gasteiger partial charge in [-0.1, -0.05) is 6.92 Å². The van der Waals surface area contributed by atoms with Crippen molar-refractivity contribution < 1.29 is 18.0 Å². The minimum atomic E-state index is -3.53. The summed E-state index contributed by atoms with van der Waals surface area (Å²) in [5.74, 6) is -0.714. The third-order valence-corrected chi connectivity index (χ3v) is 3.31. The van der Waals surface area contributed by atoms with Crippen LogP contribution in [0.5, 0.6) is 0 Å². The molecule has 0 heterocycles. The van der Waals surface area contributed by atoms with E-state index in [0.29, 0.717) is 18.8 Å². The van der Waals surface area contributed by atoms with Crippen molar-refractivity contribution in [3.05, 3.63) is 23.8 Å². The lowest BCUT2D eigenvalue weighted by Crippen LogP contribution is -2.32. The van der Waals surface area contributed by atoms with Crippen LogP contribution in [0.1, 0.15) is 24.2 Å². The van der Waals surface area contributed by atoms with Crippen LogP contribution in [-0.4, -0.2) is 46.1 Å². The van der Waals surface area contributed by atoms with Gasteiger partial charge < -0.3 is 16.0 Å². The minimum absolute atomic E-state index is 0.137. The van der Waals surface area contributed by atoms with Crippen molar-refractivity contribution in [2.45, 2.75) is 13.8 Å². The van der Waals surface area contributed by atoms with Crippen LogP contribution in [0.25, 0.3) is 0 Å². The van der Waals surface area contributed by atoms with E-state index in [1.54, 1.807) is 0 Å². The summed E-state index contributed by atoms with van der Waals surface area (Å²) < 4.78 is 25.1. The minimum Gasteiger partial charge on any atom is -0.351 e. The van der Waals surface area contributed by atoms with Crippen LogP contribution in [0.15, 0.2) is 18.2 Å². The lowest BCUT2D eigenvalue weighted by molar-refractivity contribution is -0.114. The zero-order valence-corrected chi connectivity index (χ0v) is 14.2. The molecule has 8 nitrogen and oxygen atoms in total. The number of carbonyl (C=O) groups is 2. The molecule has 0 bridgehead atoms. The van der Waals surface area contributed by atoms with Crippen LogP contribution in [0.4, 0.5) is 11.4 Å². The van der Waals surface area contributed by atoms with Gasteiger partial charge in [0.05, 0.1) is 17.5 Å². The molecule has 0 unspecified atom stereocenters. The van der Waals surface area contributed by atoms with E-state index >= 15 is 0 Å². The molecule has 0 radical (unpaired) electrons. The van der Waals surface area contributed by atoms with E-state index in [-0.39, 0.29) is 17.2 Å². The molecule has 0 aromatic heterocycles. The van der Waals surface area contributed by atoms with Crippen LogP contribution >= 0.6 is 0 Å². The predicted molar refractivity (Wildman–Crippen MR) is 90.1 cm³/mol. The fraction of sp³-hybridized carbons (Fsp3) is 0.429. The summed E-state index contributed by atoms with van der Waals surface area (Å²) in [5.41, 5.74) is 0.703. The SMILES string of the molecule is CCNCCNC(=O)c1cc(NC(C)=O)ccc1NS(C)(=O)=O. The van der Waals surface area contributed by atoms with E-state index in [4.69, 9.17) is 0 Å². The molecule has 0 spiro atoms. The molecule has 0 aliphatic carbocycles. The normalized spacial score (nSPS) is 10.9. The van der Waals surface area contributed by atoms with Crippen molar-refractivity contribution >= 4 is 33.2 Å². The van der Waals surface area contributed by atoms with Crippen LogP contribution in [0, 0.1) is 0 Å². The van der Waals surface area contributed by atoms with Gasteiger partial charge in [0.25, 0.3) is 5.91 Å². The Bertz CT molecular complexity index is 673. The number of carbonyl (C=O) groups excluding carboxylic acids is 2. The summed E-state index contributed by atoms with van der Waals surface area (Å²) in [6.45, 7) is 5.08. The number of hydrogen-bond donors (Lipinski definition) is 4. The van der Waals surface area contributed by atoms with Crippen molar-refractivity contribution in [3.8, 4) is 0 Å². The Labute approximate surface area is 136 Å². The standard InChI is InChI=1S/C14H22N4O4S/c1-4-15-7-8-16-14(20)12-9-11(17-10(2)19)5-6-13(12)18-23(3,21)22/h5-6,9,15,18H,4,7-8H2,1-3H3,(H,16,20)(H,17,19). The van der Waals surface area contributed by atoms with Gasteiger partial charge in [0.2, 0.25) is 15.9 Å². The lowest BCUT2D eigenvalue weighted by atomic mass is 10.1. The summed E-state index contributed by atoms with van der Waals surface area (Å²) in [7, 11) is -3.53. The van der Waals surface area contributed by atoms with Gasteiger partial charge >= 0.3 is 0 Å². The molecule has 1 aromatic rings. The largest absolute Gasteiger partial charge is 0.351 e. The van der Waals surface area contributed by atoms with E-state index in [1.807, 2.05) is 6.92 Å². The van der Waals surface area contributed by atoms with Gasteiger partial charge in [-0.05, 0) is 24.7 Å². The number of hydrogen-bond acceptors (Lipinski definition) is 5.